The molecule has 0 aromatic heterocycles. The molecule has 0 bridgehead atoms. The molecule has 5 heteroatoms. The van der Waals surface area contributed by atoms with Gasteiger partial charge in [-0.15, -0.1) is 0 Å². The van der Waals surface area contributed by atoms with E-state index in [0.29, 0.717) is 6.04 Å². The Hall–Kier alpha value is -1.23. The molecule has 1 aromatic carbocycles. The van der Waals surface area contributed by atoms with Gasteiger partial charge in [-0.1, -0.05) is 12.1 Å². The van der Waals surface area contributed by atoms with Crippen LogP contribution in [0.3, 0.4) is 0 Å². The number of nitrogens with one attached hydrogen (secondary N) is 2. The molecule has 0 heterocycles. The van der Waals surface area contributed by atoms with Crippen molar-refractivity contribution in [2.24, 2.45) is 0 Å². The second kappa shape index (κ2) is 6.90. The van der Waals surface area contributed by atoms with E-state index in [-0.39, 0.29) is 12.1 Å². The van der Waals surface area contributed by atoms with E-state index in [4.69, 9.17) is 4.74 Å². The van der Waals surface area contributed by atoms with E-state index in [1.54, 1.807) is 0 Å². The van der Waals surface area contributed by atoms with Gasteiger partial charge < -0.3 is 15.4 Å². The third-order valence-electron chi connectivity index (χ3n) is 3.70. The molecule has 1 amide bonds. The third-order valence-corrected chi connectivity index (χ3v) is 4.76. The van der Waals surface area contributed by atoms with Crippen LogP contribution in [-0.2, 0) is 4.74 Å². The predicted molar refractivity (Wildman–Crippen MR) is 93.3 cm³/mol. The third kappa shape index (κ3) is 4.90. The summed E-state index contributed by atoms with van der Waals surface area (Å²) in [6, 6.07) is 6.75. The average molecular weight is 369 g/mol. The number of halogens is 1. The lowest BCUT2D eigenvalue weighted by Crippen LogP contribution is -2.38. The fourth-order valence-electron chi connectivity index (χ4n) is 2.70. The average Bonchev–Trinajstić information content (AvgIpc) is 2.80. The summed E-state index contributed by atoms with van der Waals surface area (Å²) < 4.78 is 6.42. The highest BCUT2D eigenvalue weighted by Gasteiger charge is 2.27. The lowest BCUT2D eigenvalue weighted by Gasteiger charge is -2.22. The Morgan fingerprint density at radius 2 is 1.95 bits per heavy atom. The number of alkyl carbamates (subject to hydrolysis) is 1. The maximum Gasteiger partial charge on any atom is 0.407 e. The number of carbonyl (C=O) groups excluding carboxylic acids is 1. The number of anilines is 1. The molecule has 1 fully saturated rings. The number of hydrogen-bond acceptors (Lipinski definition) is 3. The lowest BCUT2D eigenvalue weighted by molar-refractivity contribution is 0.0505. The van der Waals surface area contributed by atoms with Crippen molar-refractivity contribution < 1.29 is 9.53 Å². The maximum absolute atomic E-state index is 11.8. The predicted octanol–water partition coefficient (Wildman–Crippen LogP) is 4.62. The van der Waals surface area contributed by atoms with Gasteiger partial charge >= 0.3 is 6.09 Å². The van der Waals surface area contributed by atoms with E-state index in [0.717, 1.165) is 29.4 Å². The summed E-state index contributed by atoms with van der Waals surface area (Å²) in [5, 5.41) is 6.53. The zero-order chi connectivity index (χ0) is 16.3. The molecule has 1 aromatic rings. The zero-order valence-corrected chi connectivity index (χ0v) is 15.3. The van der Waals surface area contributed by atoms with Crippen LogP contribution in [0.2, 0.25) is 0 Å². The summed E-state index contributed by atoms with van der Waals surface area (Å²) in [5.74, 6) is 0. The van der Waals surface area contributed by atoms with Gasteiger partial charge in [-0.25, -0.2) is 4.79 Å². The number of aryl methyl sites for hydroxylation is 1. The number of benzene rings is 1. The van der Waals surface area contributed by atoms with Crippen molar-refractivity contribution in [1.29, 1.82) is 0 Å². The van der Waals surface area contributed by atoms with Gasteiger partial charge in [0.05, 0.1) is 0 Å². The minimum absolute atomic E-state index is 0.177. The second-order valence-corrected chi connectivity index (χ2v) is 7.73. The van der Waals surface area contributed by atoms with Crippen LogP contribution in [0.15, 0.2) is 22.7 Å². The number of carbonyl (C=O) groups is 1. The van der Waals surface area contributed by atoms with Crippen LogP contribution in [0.25, 0.3) is 0 Å². The van der Waals surface area contributed by atoms with Gasteiger partial charge in [-0.3, -0.25) is 0 Å². The molecule has 22 heavy (non-hydrogen) atoms. The number of ether oxygens (including phenoxy) is 1. The van der Waals surface area contributed by atoms with E-state index >= 15 is 0 Å². The van der Waals surface area contributed by atoms with Gasteiger partial charge in [0.2, 0.25) is 0 Å². The quantitative estimate of drug-likeness (QED) is 0.818. The summed E-state index contributed by atoms with van der Waals surface area (Å²) in [4.78, 5) is 11.8. The van der Waals surface area contributed by atoms with Crippen molar-refractivity contribution in [1.82, 2.24) is 5.32 Å². The molecule has 0 saturated heterocycles. The van der Waals surface area contributed by atoms with Gasteiger partial charge in [0, 0.05) is 22.2 Å². The Kier molecular flexibility index (Phi) is 5.37. The van der Waals surface area contributed by atoms with Crippen LogP contribution in [0.5, 0.6) is 0 Å². The molecule has 2 atom stereocenters. The molecule has 1 aliphatic rings. The molecule has 2 rings (SSSR count). The highest BCUT2D eigenvalue weighted by molar-refractivity contribution is 9.10. The Labute approximate surface area is 141 Å². The van der Waals surface area contributed by atoms with Crippen LogP contribution >= 0.6 is 15.9 Å². The first-order valence-corrected chi connectivity index (χ1v) is 8.55. The first-order valence-electron chi connectivity index (χ1n) is 7.76. The minimum Gasteiger partial charge on any atom is -0.444 e. The normalized spacial score (nSPS) is 21.5. The van der Waals surface area contributed by atoms with Crippen LogP contribution in [0.1, 0.15) is 45.6 Å². The molecule has 2 N–H and O–H groups in total. The second-order valence-electron chi connectivity index (χ2n) is 6.93. The summed E-state index contributed by atoms with van der Waals surface area (Å²) in [6.07, 6.45) is 2.61. The standard InChI is InChI=1S/C17H25BrN2O2/c1-11-6-5-7-14(15(11)18)19-12-8-9-13(10-12)20-16(21)22-17(2,3)4/h5-7,12-13,19H,8-10H2,1-4H3,(H,20,21). The van der Waals surface area contributed by atoms with Gasteiger partial charge in [-0.2, -0.15) is 0 Å². The van der Waals surface area contributed by atoms with Crippen LogP contribution in [0.4, 0.5) is 10.5 Å². The monoisotopic (exact) mass is 368 g/mol. The molecule has 2 unspecified atom stereocenters. The Balaban J connectivity index is 1.85. The number of hydrogen-bond donors (Lipinski definition) is 2. The van der Waals surface area contributed by atoms with Gasteiger partial charge in [0.15, 0.2) is 0 Å². The number of rotatable bonds is 3. The van der Waals surface area contributed by atoms with Crippen molar-refractivity contribution in [3.8, 4) is 0 Å². The molecular weight excluding hydrogens is 344 g/mol. The fourth-order valence-corrected chi connectivity index (χ4v) is 3.08. The van der Waals surface area contributed by atoms with E-state index in [2.05, 4.69) is 45.6 Å². The van der Waals surface area contributed by atoms with E-state index < -0.39 is 5.60 Å². The van der Waals surface area contributed by atoms with Crippen molar-refractivity contribution >= 4 is 27.7 Å². The lowest BCUT2D eigenvalue weighted by atomic mass is 10.2. The molecule has 122 valence electrons. The first kappa shape index (κ1) is 17.1. The molecule has 0 radical (unpaired) electrons. The smallest absolute Gasteiger partial charge is 0.407 e. The molecule has 4 nitrogen and oxygen atoms in total. The molecular formula is C17H25BrN2O2. The summed E-state index contributed by atoms with van der Waals surface area (Å²) in [5.41, 5.74) is 1.88. The molecule has 1 aliphatic carbocycles. The SMILES string of the molecule is Cc1cccc(NC2CCC(NC(=O)OC(C)(C)C)C2)c1Br. The highest BCUT2D eigenvalue weighted by atomic mass is 79.9. The van der Waals surface area contributed by atoms with Gasteiger partial charge in [-0.05, 0) is 74.5 Å². The molecule has 0 aliphatic heterocycles. The van der Waals surface area contributed by atoms with E-state index in [9.17, 15) is 4.79 Å². The first-order chi connectivity index (χ1) is 10.2. The molecule has 1 saturated carbocycles. The summed E-state index contributed by atoms with van der Waals surface area (Å²) in [7, 11) is 0. The Morgan fingerprint density at radius 1 is 1.27 bits per heavy atom. The van der Waals surface area contributed by atoms with Crippen molar-refractivity contribution in [3.05, 3.63) is 28.2 Å². The maximum atomic E-state index is 11.8. The van der Waals surface area contributed by atoms with Gasteiger partial charge in [0.1, 0.15) is 5.60 Å². The molecule has 0 spiro atoms. The van der Waals surface area contributed by atoms with Crippen molar-refractivity contribution in [3.63, 3.8) is 0 Å². The minimum atomic E-state index is -0.452. The van der Waals surface area contributed by atoms with Crippen molar-refractivity contribution in [2.45, 2.75) is 64.6 Å². The van der Waals surface area contributed by atoms with E-state index in [1.165, 1.54) is 5.56 Å². The van der Waals surface area contributed by atoms with Crippen LogP contribution < -0.4 is 10.6 Å². The highest BCUT2D eigenvalue weighted by Crippen LogP contribution is 2.30. The Bertz CT molecular complexity index is 540. The fraction of sp³-hybridized carbons (Fsp3) is 0.588. The Morgan fingerprint density at radius 3 is 2.64 bits per heavy atom. The van der Waals surface area contributed by atoms with Crippen LogP contribution in [0, 0.1) is 6.92 Å². The summed E-state index contributed by atoms with van der Waals surface area (Å²) in [6.45, 7) is 7.71. The topological polar surface area (TPSA) is 50.4 Å². The van der Waals surface area contributed by atoms with Crippen LogP contribution in [-0.4, -0.2) is 23.8 Å². The van der Waals surface area contributed by atoms with Crippen molar-refractivity contribution in [2.75, 3.05) is 5.32 Å². The summed E-state index contributed by atoms with van der Waals surface area (Å²) >= 11 is 3.62. The number of amides is 1. The van der Waals surface area contributed by atoms with E-state index in [1.807, 2.05) is 26.8 Å². The zero-order valence-electron chi connectivity index (χ0n) is 13.7. The van der Waals surface area contributed by atoms with Gasteiger partial charge in [0.25, 0.3) is 0 Å². The largest absolute Gasteiger partial charge is 0.444 e.